The van der Waals surface area contributed by atoms with Crippen molar-refractivity contribution in [2.75, 3.05) is 55.2 Å². The standard InChI is InChI=1S/C51H60N6.3C2H2O4/c1-4-22-46-43(16-1)19-13-25-49(46)55-31-10-7-28-52-37-40-34-41(38-53-29-8-11-32-56-50-26-14-20-44-17-2-5-23-47(44)50)36-42(35-40)39-54-30-9-12-33-57-51-27-15-21-45-18-3-6-24-48(45)51;3*3-1(4)2(5)6/h1-6,13-27,34-36,52-57H,7-12,28-33,37-39H2;3*(H,3,4)(H,5,6). The van der Waals surface area contributed by atoms with E-state index >= 15 is 0 Å². The minimum Gasteiger partial charge on any atom is -0.473 e. The highest BCUT2D eigenvalue weighted by atomic mass is 16.5. The fraction of sp³-hybridized carbons (Fsp3) is 0.263. The van der Waals surface area contributed by atoms with Crippen LogP contribution in [0.15, 0.2) is 146 Å². The third kappa shape index (κ3) is 22.4. The molecule has 75 heavy (non-hydrogen) atoms. The van der Waals surface area contributed by atoms with Crippen LogP contribution in [-0.2, 0) is 48.4 Å². The minimum atomic E-state index is -1.82. The molecule has 0 saturated heterocycles. The fourth-order valence-corrected chi connectivity index (χ4v) is 7.78. The molecule has 0 aromatic heterocycles. The molecule has 12 N–H and O–H groups in total. The summed E-state index contributed by atoms with van der Waals surface area (Å²) in [5.74, 6) is -10.9. The van der Waals surface area contributed by atoms with E-state index in [9.17, 15) is 0 Å². The maximum Gasteiger partial charge on any atom is 0.414 e. The van der Waals surface area contributed by atoms with Crippen molar-refractivity contribution in [3.8, 4) is 0 Å². The van der Waals surface area contributed by atoms with Crippen LogP contribution in [0.1, 0.15) is 55.2 Å². The van der Waals surface area contributed by atoms with E-state index < -0.39 is 35.8 Å². The van der Waals surface area contributed by atoms with Crippen LogP contribution in [0, 0.1) is 0 Å². The molecule has 0 aliphatic heterocycles. The highest BCUT2D eigenvalue weighted by molar-refractivity contribution is 6.28. The number of nitrogens with one attached hydrogen (secondary N) is 6. The summed E-state index contributed by atoms with van der Waals surface area (Å²) in [6, 6.07) is 52.4. The Labute approximate surface area is 434 Å². The van der Waals surface area contributed by atoms with E-state index in [4.69, 9.17) is 59.4 Å². The Morgan fingerprint density at radius 2 is 0.520 bits per heavy atom. The Morgan fingerprint density at radius 3 is 0.773 bits per heavy atom. The highest BCUT2D eigenvalue weighted by Crippen LogP contribution is 2.25. The zero-order valence-electron chi connectivity index (χ0n) is 41.6. The van der Waals surface area contributed by atoms with Crippen molar-refractivity contribution in [3.63, 3.8) is 0 Å². The quantitative estimate of drug-likeness (QED) is 0.0199. The number of carboxylic acid groups (broad SMARTS) is 6. The van der Waals surface area contributed by atoms with Gasteiger partial charge in [0.15, 0.2) is 0 Å². The first-order valence-corrected chi connectivity index (χ1v) is 24.5. The maximum absolute atomic E-state index is 9.10. The summed E-state index contributed by atoms with van der Waals surface area (Å²) in [7, 11) is 0. The molecular formula is C57H66N6O12. The van der Waals surface area contributed by atoms with Gasteiger partial charge in [0.25, 0.3) is 0 Å². The molecule has 0 fully saturated rings. The summed E-state index contributed by atoms with van der Waals surface area (Å²) >= 11 is 0. The van der Waals surface area contributed by atoms with E-state index in [0.29, 0.717) is 0 Å². The van der Waals surface area contributed by atoms with Crippen LogP contribution in [0.5, 0.6) is 0 Å². The number of fused-ring (bicyclic) bond motifs is 3. The van der Waals surface area contributed by atoms with Gasteiger partial charge in [-0.1, -0.05) is 127 Å². The lowest BCUT2D eigenvalue weighted by Gasteiger charge is -2.14. The predicted molar refractivity (Wildman–Crippen MR) is 292 cm³/mol. The van der Waals surface area contributed by atoms with Crippen LogP contribution in [0.25, 0.3) is 32.3 Å². The van der Waals surface area contributed by atoms with Crippen molar-refractivity contribution in [3.05, 3.63) is 162 Å². The summed E-state index contributed by atoms with van der Waals surface area (Å²) in [6.45, 7) is 8.61. The molecule has 0 bridgehead atoms. The van der Waals surface area contributed by atoms with Crippen LogP contribution in [0.2, 0.25) is 0 Å². The first-order chi connectivity index (χ1) is 36.2. The Kier molecular flexibility index (Phi) is 26.1. The Balaban J connectivity index is 0.000000580. The van der Waals surface area contributed by atoms with Gasteiger partial charge in [0.05, 0.1) is 0 Å². The molecule has 0 atom stereocenters. The van der Waals surface area contributed by atoms with E-state index in [1.807, 2.05) is 0 Å². The summed E-state index contributed by atoms with van der Waals surface area (Å²) in [5.41, 5.74) is 7.75. The second kappa shape index (κ2) is 33.2. The topological polar surface area (TPSA) is 296 Å². The van der Waals surface area contributed by atoms with Crippen LogP contribution < -0.4 is 31.9 Å². The second-order valence-corrected chi connectivity index (χ2v) is 17.0. The van der Waals surface area contributed by atoms with Gasteiger partial charge in [-0.2, -0.15) is 0 Å². The molecule has 7 aromatic carbocycles. The van der Waals surface area contributed by atoms with Crippen molar-refractivity contribution in [1.29, 1.82) is 0 Å². The molecule has 0 heterocycles. The van der Waals surface area contributed by atoms with Crippen LogP contribution in [-0.4, -0.2) is 106 Å². The molecule has 0 amide bonds. The second-order valence-electron chi connectivity index (χ2n) is 17.0. The Bertz CT molecular complexity index is 2570. The summed E-state index contributed by atoms with van der Waals surface area (Å²) < 4.78 is 0. The summed E-state index contributed by atoms with van der Waals surface area (Å²) in [4.78, 5) is 54.6. The van der Waals surface area contributed by atoms with Crippen LogP contribution in [0.3, 0.4) is 0 Å². The van der Waals surface area contributed by atoms with Gasteiger partial charge in [-0.3, -0.25) is 0 Å². The zero-order valence-corrected chi connectivity index (χ0v) is 41.6. The number of hydrogen-bond donors (Lipinski definition) is 12. The van der Waals surface area contributed by atoms with E-state index in [1.165, 1.54) is 66.1 Å². The van der Waals surface area contributed by atoms with Crippen LogP contribution >= 0.6 is 0 Å². The molecule has 18 nitrogen and oxygen atoms in total. The van der Waals surface area contributed by atoms with Crippen molar-refractivity contribution < 1.29 is 59.4 Å². The third-order valence-electron chi connectivity index (χ3n) is 11.3. The first kappa shape index (κ1) is 59.0. The first-order valence-electron chi connectivity index (χ1n) is 24.5. The molecule has 7 rings (SSSR count). The number of aliphatic carboxylic acids is 6. The lowest BCUT2D eigenvalue weighted by molar-refractivity contribution is -0.159. The van der Waals surface area contributed by atoms with Gasteiger partial charge < -0.3 is 62.5 Å². The number of benzene rings is 7. The van der Waals surface area contributed by atoms with Crippen molar-refractivity contribution >= 4 is 85.2 Å². The van der Waals surface area contributed by atoms with E-state index in [-0.39, 0.29) is 0 Å². The molecule has 396 valence electrons. The number of carboxylic acids is 6. The van der Waals surface area contributed by atoms with Gasteiger partial charge in [-0.25, -0.2) is 28.8 Å². The number of anilines is 3. The molecule has 0 unspecified atom stereocenters. The average Bonchev–Trinajstić information content (AvgIpc) is 3.40. The van der Waals surface area contributed by atoms with Gasteiger partial charge in [-0.05, 0) is 109 Å². The van der Waals surface area contributed by atoms with Gasteiger partial charge >= 0.3 is 35.8 Å². The number of rotatable bonds is 24. The molecule has 0 aliphatic carbocycles. The predicted octanol–water partition coefficient (Wildman–Crippen LogP) is 8.56. The SMILES string of the molecule is O=C(O)C(=O)O.O=C(O)C(=O)O.O=C(O)C(=O)O.c1ccc2c(NCCCCNCc3cc(CNCCCCNc4cccc5ccccc45)cc(CNCCCCNc4cccc5ccccc45)c3)cccc2c1. The van der Waals surface area contributed by atoms with E-state index in [2.05, 4.69) is 177 Å². The van der Waals surface area contributed by atoms with Crippen molar-refractivity contribution in [2.45, 2.75) is 58.2 Å². The highest BCUT2D eigenvalue weighted by Gasteiger charge is 2.07. The molecule has 18 heteroatoms. The lowest BCUT2D eigenvalue weighted by atomic mass is 10.0. The van der Waals surface area contributed by atoms with Crippen molar-refractivity contribution in [2.24, 2.45) is 0 Å². The summed E-state index contributed by atoms with van der Waals surface area (Å²) in [6.07, 6.45) is 6.80. The largest absolute Gasteiger partial charge is 0.473 e. The number of carbonyl (C=O) groups is 6. The monoisotopic (exact) mass is 1030 g/mol. The molecular weight excluding hydrogens is 961 g/mol. The van der Waals surface area contributed by atoms with Gasteiger partial charge in [-0.15, -0.1) is 0 Å². The number of hydrogen-bond acceptors (Lipinski definition) is 12. The lowest BCUT2D eigenvalue weighted by Crippen LogP contribution is -2.19. The van der Waals surface area contributed by atoms with E-state index in [0.717, 1.165) is 97.4 Å². The van der Waals surface area contributed by atoms with Gasteiger partial charge in [0.2, 0.25) is 0 Å². The normalized spacial score (nSPS) is 10.4. The molecule has 0 aliphatic rings. The summed E-state index contributed by atoms with van der Waals surface area (Å²) in [5, 5.41) is 74.3. The fourth-order valence-electron chi connectivity index (χ4n) is 7.78. The number of unbranched alkanes of at least 4 members (excludes halogenated alkanes) is 3. The van der Waals surface area contributed by atoms with Crippen LogP contribution in [0.4, 0.5) is 17.1 Å². The minimum absolute atomic E-state index is 0.886. The average molecular weight is 1030 g/mol. The smallest absolute Gasteiger partial charge is 0.414 e. The molecule has 0 spiro atoms. The Hall–Kier alpha value is -8.58. The van der Waals surface area contributed by atoms with Crippen molar-refractivity contribution in [1.82, 2.24) is 16.0 Å². The maximum atomic E-state index is 9.10. The van der Waals surface area contributed by atoms with Gasteiger partial charge in [0.1, 0.15) is 0 Å². The third-order valence-corrected chi connectivity index (χ3v) is 11.3. The van der Waals surface area contributed by atoms with E-state index in [1.54, 1.807) is 0 Å². The Morgan fingerprint density at radius 1 is 0.293 bits per heavy atom. The molecule has 0 radical (unpaired) electrons. The molecule has 7 aromatic rings. The van der Waals surface area contributed by atoms with Gasteiger partial charge in [0, 0.05) is 72.5 Å². The zero-order chi connectivity index (χ0) is 54.2. The molecule has 0 saturated carbocycles.